The number of nitrogens with one attached hydrogen (secondary N) is 3. The van der Waals surface area contributed by atoms with Gasteiger partial charge in [-0.2, -0.15) is 22.0 Å². The SMILES string of the molecule is COc1ccc([C@H](NC(=O)[C@H](COC(C)(C)C)NC(=O)C(F)(F)c2cccc(Cl)c2)C(=O)N[C@H](C(=O)C(F)(F)F)C(C)C)cc1. The highest BCUT2D eigenvalue weighted by molar-refractivity contribution is 6.30. The minimum absolute atomic E-state index is 0.0367. The molecule has 0 aromatic heterocycles. The lowest BCUT2D eigenvalue weighted by molar-refractivity contribution is -0.175. The van der Waals surface area contributed by atoms with Crippen molar-refractivity contribution in [2.45, 2.75) is 70.4 Å². The molecule has 45 heavy (non-hydrogen) atoms. The zero-order valence-electron chi connectivity index (χ0n) is 25.4. The third kappa shape index (κ3) is 10.7. The Morgan fingerprint density at radius 2 is 1.47 bits per heavy atom. The van der Waals surface area contributed by atoms with Gasteiger partial charge in [-0.3, -0.25) is 19.2 Å². The van der Waals surface area contributed by atoms with Crippen LogP contribution in [-0.4, -0.2) is 61.1 Å². The molecule has 0 spiro atoms. The molecule has 0 saturated carbocycles. The van der Waals surface area contributed by atoms with Gasteiger partial charge in [0.1, 0.15) is 17.8 Å². The second-order valence-corrected chi connectivity index (χ2v) is 11.8. The summed E-state index contributed by atoms with van der Waals surface area (Å²) in [5.41, 5.74) is -1.63. The molecule has 0 aliphatic carbocycles. The molecule has 2 rings (SSSR count). The second-order valence-electron chi connectivity index (χ2n) is 11.3. The van der Waals surface area contributed by atoms with Crippen molar-refractivity contribution >= 4 is 35.1 Å². The van der Waals surface area contributed by atoms with Gasteiger partial charge in [0.25, 0.3) is 11.7 Å². The Morgan fingerprint density at radius 3 is 1.96 bits per heavy atom. The number of carbonyl (C=O) groups is 4. The number of Topliss-reactive ketones (excluding diaryl/α,β-unsaturated/α-hetero) is 1. The highest BCUT2D eigenvalue weighted by Crippen LogP contribution is 2.30. The average molecular weight is 664 g/mol. The lowest BCUT2D eigenvalue weighted by Gasteiger charge is -2.29. The van der Waals surface area contributed by atoms with Crippen LogP contribution in [0.25, 0.3) is 0 Å². The number of hydrogen-bond donors (Lipinski definition) is 3. The van der Waals surface area contributed by atoms with Crippen molar-refractivity contribution in [2.24, 2.45) is 5.92 Å². The van der Waals surface area contributed by atoms with Crippen molar-refractivity contribution in [1.29, 1.82) is 0 Å². The molecule has 9 nitrogen and oxygen atoms in total. The number of carbonyl (C=O) groups excluding carboxylic acids is 4. The van der Waals surface area contributed by atoms with Crippen LogP contribution in [0.2, 0.25) is 5.02 Å². The average Bonchev–Trinajstić information content (AvgIpc) is 2.94. The topological polar surface area (TPSA) is 123 Å². The summed E-state index contributed by atoms with van der Waals surface area (Å²) in [7, 11) is 1.36. The normalized spacial score (nSPS) is 14.2. The minimum Gasteiger partial charge on any atom is -0.497 e. The highest BCUT2D eigenvalue weighted by atomic mass is 35.5. The van der Waals surface area contributed by atoms with Crippen LogP contribution in [0.15, 0.2) is 48.5 Å². The van der Waals surface area contributed by atoms with Gasteiger partial charge in [-0.05, 0) is 56.5 Å². The zero-order valence-corrected chi connectivity index (χ0v) is 26.1. The lowest BCUT2D eigenvalue weighted by atomic mass is 9.97. The number of hydrogen-bond acceptors (Lipinski definition) is 6. The Hall–Kier alpha value is -3.78. The molecule has 0 aliphatic rings. The van der Waals surface area contributed by atoms with Gasteiger partial charge in [-0.1, -0.05) is 49.7 Å². The molecule has 0 saturated heterocycles. The Balaban J connectivity index is 2.47. The van der Waals surface area contributed by atoms with Crippen LogP contribution < -0.4 is 20.7 Å². The van der Waals surface area contributed by atoms with Gasteiger partial charge < -0.3 is 25.4 Å². The number of ether oxygens (including phenoxy) is 2. The molecular formula is C30H35ClF5N3O6. The maximum atomic E-state index is 15.1. The monoisotopic (exact) mass is 663 g/mol. The molecule has 15 heteroatoms. The summed E-state index contributed by atoms with van der Waals surface area (Å²) in [4.78, 5) is 51.8. The van der Waals surface area contributed by atoms with E-state index in [2.05, 4.69) is 5.32 Å². The predicted molar refractivity (Wildman–Crippen MR) is 155 cm³/mol. The zero-order chi connectivity index (χ0) is 34.3. The van der Waals surface area contributed by atoms with Crippen molar-refractivity contribution in [3.63, 3.8) is 0 Å². The molecule has 2 aromatic carbocycles. The number of ketones is 1. The molecular weight excluding hydrogens is 629 g/mol. The minimum atomic E-state index is -5.27. The Bertz CT molecular complexity index is 1360. The third-order valence-corrected chi connectivity index (χ3v) is 6.54. The van der Waals surface area contributed by atoms with Crippen LogP contribution >= 0.6 is 11.6 Å². The van der Waals surface area contributed by atoms with Crippen LogP contribution in [0.4, 0.5) is 22.0 Å². The van der Waals surface area contributed by atoms with Crippen LogP contribution in [0.3, 0.4) is 0 Å². The Kier molecular flexibility index (Phi) is 12.5. The van der Waals surface area contributed by atoms with Crippen molar-refractivity contribution in [3.8, 4) is 5.75 Å². The summed E-state index contributed by atoms with van der Waals surface area (Å²) in [6.45, 7) is 6.73. The summed E-state index contributed by atoms with van der Waals surface area (Å²) in [5, 5.41) is 6.19. The molecule has 0 heterocycles. The molecule has 248 valence electrons. The van der Waals surface area contributed by atoms with Gasteiger partial charge in [-0.15, -0.1) is 0 Å². The van der Waals surface area contributed by atoms with Crippen LogP contribution in [0.1, 0.15) is 51.8 Å². The van der Waals surface area contributed by atoms with Crippen molar-refractivity contribution in [1.82, 2.24) is 16.0 Å². The van der Waals surface area contributed by atoms with E-state index in [1.807, 2.05) is 10.6 Å². The van der Waals surface area contributed by atoms with Gasteiger partial charge in [-0.25, -0.2) is 0 Å². The van der Waals surface area contributed by atoms with E-state index in [0.717, 1.165) is 12.1 Å². The summed E-state index contributed by atoms with van der Waals surface area (Å²) >= 11 is 5.80. The smallest absolute Gasteiger partial charge is 0.452 e. The van der Waals surface area contributed by atoms with E-state index in [1.54, 1.807) is 20.8 Å². The first kappa shape index (κ1) is 37.4. The second kappa shape index (κ2) is 15.0. The Morgan fingerprint density at radius 1 is 0.867 bits per heavy atom. The van der Waals surface area contributed by atoms with Gasteiger partial charge in [0.2, 0.25) is 11.8 Å². The number of halogens is 6. The number of rotatable bonds is 13. The van der Waals surface area contributed by atoms with E-state index in [9.17, 15) is 32.3 Å². The van der Waals surface area contributed by atoms with E-state index in [4.69, 9.17) is 21.1 Å². The third-order valence-electron chi connectivity index (χ3n) is 6.30. The van der Waals surface area contributed by atoms with Crippen LogP contribution in [0, 0.1) is 5.92 Å². The van der Waals surface area contributed by atoms with Crippen molar-refractivity contribution in [2.75, 3.05) is 13.7 Å². The Labute approximate surface area is 262 Å². The standard InChI is InChI=1S/C30H35ClF5N3O6/c1-16(2)22(24(40)30(34,35)36)38-26(42)23(17-10-12-20(44-6)13-11-17)39-25(41)21(15-45-28(3,4)5)37-27(43)29(32,33)18-8-7-9-19(31)14-18/h7-14,16,21-23H,15H2,1-6H3,(H,37,43)(H,38,42)(H,39,41)/t21-,22-,23-/m0/s1. The predicted octanol–water partition coefficient (Wildman–Crippen LogP) is 4.87. The molecule has 0 aliphatic heterocycles. The summed E-state index contributed by atoms with van der Waals surface area (Å²) in [6, 6.07) is 4.25. The summed E-state index contributed by atoms with van der Waals surface area (Å²) in [6.07, 6.45) is -5.27. The fourth-order valence-electron chi connectivity index (χ4n) is 3.87. The summed E-state index contributed by atoms with van der Waals surface area (Å²) < 4.78 is 80.7. The van der Waals surface area contributed by atoms with E-state index in [1.165, 1.54) is 57.4 Å². The lowest BCUT2D eigenvalue weighted by Crippen LogP contribution is -2.57. The van der Waals surface area contributed by atoms with Crippen LogP contribution in [0.5, 0.6) is 5.75 Å². The first-order valence-corrected chi connectivity index (χ1v) is 14.0. The van der Waals surface area contributed by atoms with Crippen LogP contribution in [-0.2, 0) is 29.8 Å². The number of methoxy groups -OCH3 is 1. The molecule has 0 unspecified atom stereocenters. The molecule has 2 aromatic rings. The van der Waals surface area contributed by atoms with Gasteiger partial charge in [0, 0.05) is 10.6 Å². The largest absolute Gasteiger partial charge is 0.497 e. The fourth-order valence-corrected chi connectivity index (χ4v) is 4.06. The molecule has 0 radical (unpaired) electrons. The first-order valence-electron chi connectivity index (χ1n) is 13.6. The molecule has 0 bridgehead atoms. The number of alkyl halides is 5. The number of amides is 3. The quantitative estimate of drug-likeness (QED) is 0.263. The summed E-state index contributed by atoms with van der Waals surface area (Å²) in [5.74, 6) is -11.3. The van der Waals surface area contributed by atoms with E-state index in [0.29, 0.717) is 5.75 Å². The fraction of sp³-hybridized carbons (Fsp3) is 0.467. The molecule has 3 amide bonds. The van der Waals surface area contributed by atoms with Gasteiger partial charge in [0.15, 0.2) is 0 Å². The highest BCUT2D eigenvalue weighted by Gasteiger charge is 2.46. The number of benzene rings is 2. The van der Waals surface area contributed by atoms with Gasteiger partial charge >= 0.3 is 12.1 Å². The van der Waals surface area contributed by atoms with Gasteiger partial charge in [0.05, 0.1) is 25.4 Å². The van der Waals surface area contributed by atoms with Crippen molar-refractivity contribution in [3.05, 3.63) is 64.7 Å². The van der Waals surface area contributed by atoms with Crippen molar-refractivity contribution < 1.29 is 50.6 Å². The maximum Gasteiger partial charge on any atom is 0.452 e. The van der Waals surface area contributed by atoms with E-state index >= 15 is 8.78 Å². The first-order chi connectivity index (χ1) is 20.7. The van der Waals surface area contributed by atoms with E-state index in [-0.39, 0.29) is 10.6 Å². The molecule has 0 fully saturated rings. The maximum absolute atomic E-state index is 15.1. The van der Waals surface area contributed by atoms with E-state index < -0.39 is 77.4 Å². The molecule has 3 N–H and O–H groups in total. The molecule has 3 atom stereocenters.